The van der Waals surface area contributed by atoms with E-state index < -0.39 is 17.6 Å². The Bertz CT molecular complexity index is 1540. The number of furan rings is 1. The number of benzene rings is 1. The van der Waals surface area contributed by atoms with Crippen molar-refractivity contribution < 1.29 is 18.7 Å². The number of ether oxygens (including phenoxy) is 1. The number of hydrogen-bond donors (Lipinski definition) is 0. The third-order valence-electron chi connectivity index (χ3n) is 5.77. The van der Waals surface area contributed by atoms with Crippen LogP contribution >= 0.6 is 11.3 Å². The van der Waals surface area contributed by atoms with Crippen LogP contribution in [0.15, 0.2) is 80.8 Å². The fraction of sp³-hybridized carbons (Fsp3) is 0.200. The predicted octanol–water partition coefficient (Wildman–Crippen LogP) is 2.29. The first-order valence-electron chi connectivity index (χ1n) is 10.8. The van der Waals surface area contributed by atoms with Gasteiger partial charge in [-0.2, -0.15) is 0 Å². The quantitative estimate of drug-likeness (QED) is 0.417. The molecule has 0 saturated carbocycles. The van der Waals surface area contributed by atoms with Gasteiger partial charge in [0.05, 0.1) is 35.4 Å². The van der Waals surface area contributed by atoms with Crippen molar-refractivity contribution in [3.8, 4) is 0 Å². The summed E-state index contributed by atoms with van der Waals surface area (Å²) >= 11 is 1.12. The van der Waals surface area contributed by atoms with E-state index in [4.69, 9.17) is 9.15 Å². The molecule has 1 atom stereocenters. The summed E-state index contributed by atoms with van der Waals surface area (Å²) in [7, 11) is 0. The van der Waals surface area contributed by atoms with Crippen molar-refractivity contribution in [2.75, 3.05) is 18.1 Å². The van der Waals surface area contributed by atoms with E-state index in [-0.39, 0.29) is 22.6 Å². The summed E-state index contributed by atoms with van der Waals surface area (Å²) in [5.41, 5.74) is 1.96. The highest BCUT2D eigenvalue weighted by Crippen LogP contribution is 2.35. The van der Waals surface area contributed by atoms with Crippen molar-refractivity contribution in [1.29, 1.82) is 0 Å². The van der Waals surface area contributed by atoms with Gasteiger partial charge >= 0.3 is 5.97 Å². The molecule has 0 N–H and O–H groups in total. The molecular weight excluding hydrogens is 454 g/mol. The van der Waals surface area contributed by atoms with Gasteiger partial charge in [0.2, 0.25) is 0 Å². The van der Waals surface area contributed by atoms with E-state index in [1.165, 1.54) is 10.8 Å². The van der Waals surface area contributed by atoms with Crippen LogP contribution in [0.3, 0.4) is 0 Å². The van der Waals surface area contributed by atoms with Crippen LogP contribution in [0.1, 0.15) is 31.2 Å². The lowest BCUT2D eigenvalue weighted by molar-refractivity contribution is -0.139. The van der Waals surface area contributed by atoms with Gasteiger partial charge in [0.15, 0.2) is 4.80 Å². The zero-order chi connectivity index (χ0) is 24.0. The van der Waals surface area contributed by atoms with Crippen LogP contribution in [0.4, 0.5) is 5.69 Å². The van der Waals surface area contributed by atoms with Crippen LogP contribution in [0, 0.1) is 0 Å². The molecule has 8 nitrogen and oxygen atoms in total. The van der Waals surface area contributed by atoms with Crippen LogP contribution in [-0.4, -0.2) is 29.6 Å². The molecule has 0 radical (unpaired) electrons. The van der Waals surface area contributed by atoms with E-state index in [0.29, 0.717) is 33.9 Å². The van der Waals surface area contributed by atoms with Crippen molar-refractivity contribution >= 4 is 34.5 Å². The number of allylic oxidation sites excluding steroid dienone is 1. The summed E-state index contributed by atoms with van der Waals surface area (Å²) < 4.78 is 12.6. The molecule has 2 aromatic heterocycles. The number of nitrogens with zero attached hydrogens (tertiary/aromatic N) is 3. The number of anilines is 1. The number of hydrogen-bond acceptors (Lipinski definition) is 7. The smallest absolute Gasteiger partial charge is 0.338 e. The van der Waals surface area contributed by atoms with E-state index in [2.05, 4.69) is 11.6 Å². The first-order chi connectivity index (χ1) is 16.5. The molecule has 0 aliphatic carbocycles. The molecular formula is C25H21N3O5S. The standard InChI is InChI=1S/C25H21N3O5S/c1-4-12-27-16-10-7-6-9-15(16)19(22(27)29)21-23(30)28-20(17-11-8-13-33-17)18(24(31)32-5-2)14(3)26-25(28)34-21/h4,6-11,13,20H,1,5,12H2,2-3H3. The summed E-state index contributed by atoms with van der Waals surface area (Å²) in [4.78, 5) is 46.6. The monoisotopic (exact) mass is 475 g/mol. The third kappa shape index (κ3) is 3.19. The Morgan fingerprint density at radius 1 is 1.26 bits per heavy atom. The maximum Gasteiger partial charge on any atom is 0.338 e. The molecule has 9 heteroatoms. The Labute approximate surface area is 198 Å². The predicted molar refractivity (Wildman–Crippen MR) is 127 cm³/mol. The fourth-order valence-electron chi connectivity index (χ4n) is 4.37. The topological polar surface area (TPSA) is 94.1 Å². The number of carbonyl (C=O) groups excluding carboxylic acids is 2. The molecule has 34 heavy (non-hydrogen) atoms. The van der Waals surface area contributed by atoms with Gasteiger partial charge in [-0.3, -0.25) is 14.2 Å². The van der Waals surface area contributed by atoms with Crippen molar-refractivity contribution in [3.63, 3.8) is 0 Å². The number of aromatic nitrogens is 1. The highest BCUT2D eigenvalue weighted by atomic mass is 32.1. The SMILES string of the molecule is C=CCN1C(=O)C(=c2sc3n(c2=O)C(c2ccco2)C(C(=O)OCC)=C(C)N=3)c2ccccc21. The van der Waals surface area contributed by atoms with E-state index >= 15 is 0 Å². The molecule has 1 amide bonds. The molecule has 1 aromatic carbocycles. The second-order valence-electron chi connectivity index (χ2n) is 7.73. The Kier molecular flexibility index (Phi) is 5.41. The zero-order valence-electron chi connectivity index (χ0n) is 18.6. The molecule has 4 heterocycles. The van der Waals surface area contributed by atoms with Crippen molar-refractivity contribution in [2.24, 2.45) is 4.99 Å². The van der Waals surface area contributed by atoms with E-state index in [0.717, 1.165) is 17.0 Å². The van der Waals surface area contributed by atoms with Gasteiger partial charge in [0.25, 0.3) is 11.5 Å². The Morgan fingerprint density at radius 3 is 2.76 bits per heavy atom. The van der Waals surface area contributed by atoms with Crippen LogP contribution in [0.5, 0.6) is 0 Å². The molecule has 2 aliphatic heterocycles. The maximum absolute atomic E-state index is 13.8. The number of esters is 1. The Balaban J connectivity index is 1.81. The van der Waals surface area contributed by atoms with Crippen molar-refractivity contribution in [2.45, 2.75) is 19.9 Å². The van der Waals surface area contributed by atoms with Gasteiger partial charge < -0.3 is 14.1 Å². The van der Waals surface area contributed by atoms with E-state index in [1.54, 1.807) is 37.0 Å². The number of para-hydroxylation sites is 1. The third-order valence-corrected chi connectivity index (χ3v) is 6.82. The lowest BCUT2D eigenvalue weighted by atomic mass is 10.0. The second kappa shape index (κ2) is 8.42. The Hall–Kier alpha value is -3.98. The van der Waals surface area contributed by atoms with E-state index in [1.807, 2.05) is 24.3 Å². The number of amides is 1. The highest BCUT2D eigenvalue weighted by molar-refractivity contribution is 7.07. The molecule has 2 aliphatic rings. The molecule has 1 unspecified atom stereocenters. The van der Waals surface area contributed by atoms with Gasteiger partial charge in [-0.15, -0.1) is 6.58 Å². The second-order valence-corrected chi connectivity index (χ2v) is 8.71. The molecule has 0 bridgehead atoms. The summed E-state index contributed by atoms with van der Waals surface area (Å²) in [5, 5.41) is 0. The maximum atomic E-state index is 13.8. The molecule has 0 fully saturated rings. The molecule has 3 aromatic rings. The lowest BCUT2D eigenvalue weighted by Crippen LogP contribution is -2.40. The van der Waals surface area contributed by atoms with Crippen molar-refractivity contribution in [3.05, 3.63) is 97.6 Å². The van der Waals surface area contributed by atoms with Gasteiger partial charge in [0.1, 0.15) is 16.3 Å². The average molecular weight is 476 g/mol. The normalized spacial score (nSPS) is 18.5. The highest BCUT2D eigenvalue weighted by Gasteiger charge is 2.37. The van der Waals surface area contributed by atoms with Crippen LogP contribution in [-0.2, 0) is 14.3 Å². The fourth-order valence-corrected chi connectivity index (χ4v) is 5.50. The first-order valence-corrected chi connectivity index (χ1v) is 11.6. The van der Waals surface area contributed by atoms with Gasteiger partial charge in [-0.05, 0) is 32.0 Å². The van der Waals surface area contributed by atoms with E-state index in [9.17, 15) is 14.4 Å². The first kappa shape index (κ1) is 21.8. The molecule has 5 rings (SSSR count). The summed E-state index contributed by atoms with van der Waals surface area (Å²) in [6.07, 6.45) is 3.13. The van der Waals surface area contributed by atoms with Crippen LogP contribution in [0.2, 0.25) is 0 Å². The summed E-state index contributed by atoms with van der Waals surface area (Å²) in [6.45, 7) is 7.66. The number of rotatable bonds is 5. The minimum atomic E-state index is -0.851. The minimum absolute atomic E-state index is 0.180. The number of thiazole rings is 1. The molecule has 172 valence electrons. The zero-order valence-corrected chi connectivity index (χ0v) is 19.4. The lowest BCUT2D eigenvalue weighted by Gasteiger charge is -2.22. The molecule has 0 saturated heterocycles. The number of carbonyl (C=O) groups is 2. The summed E-state index contributed by atoms with van der Waals surface area (Å²) in [5.74, 6) is -0.439. The minimum Gasteiger partial charge on any atom is -0.467 e. The van der Waals surface area contributed by atoms with Crippen molar-refractivity contribution in [1.82, 2.24) is 4.57 Å². The average Bonchev–Trinajstić information content (AvgIpc) is 3.52. The molecule has 0 spiro atoms. The van der Waals surface area contributed by atoms with Gasteiger partial charge in [0, 0.05) is 12.1 Å². The van der Waals surface area contributed by atoms with Gasteiger partial charge in [-0.25, -0.2) is 9.79 Å². The van der Waals surface area contributed by atoms with Crippen LogP contribution in [0.25, 0.3) is 5.57 Å². The van der Waals surface area contributed by atoms with Crippen LogP contribution < -0.4 is 19.8 Å². The van der Waals surface area contributed by atoms with Gasteiger partial charge in [-0.1, -0.05) is 35.6 Å². The number of fused-ring (bicyclic) bond motifs is 2. The summed E-state index contributed by atoms with van der Waals surface area (Å²) in [6, 6.07) is 9.88. The largest absolute Gasteiger partial charge is 0.467 e. The Morgan fingerprint density at radius 2 is 2.06 bits per heavy atom.